The average Bonchev–Trinajstić information content (AvgIpc) is 3.41. The van der Waals surface area contributed by atoms with Crippen molar-refractivity contribution in [2.45, 2.75) is 24.9 Å². The number of hydrogen-bond acceptors (Lipinski definition) is 3. The van der Waals surface area contributed by atoms with Gasteiger partial charge < -0.3 is 10.1 Å². The van der Waals surface area contributed by atoms with Gasteiger partial charge in [-0.15, -0.1) is 0 Å². The van der Waals surface area contributed by atoms with E-state index in [1.54, 1.807) is 13.3 Å². The number of halogens is 1. The predicted octanol–water partition coefficient (Wildman–Crippen LogP) is 3.52. The van der Waals surface area contributed by atoms with E-state index in [1.807, 2.05) is 49.5 Å². The molecule has 1 fully saturated rings. The summed E-state index contributed by atoms with van der Waals surface area (Å²) < 4.78 is 5.66. The van der Waals surface area contributed by atoms with Gasteiger partial charge in [-0.3, -0.25) is 9.78 Å². The van der Waals surface area contributed by atoms with E-state index in [0.29, 0.717) is 11.6 Å². The van der Waals surface area contributed by atoms with Crippen molar-refractivity contribution in [3.05, 3.63) is 64.9 Å². The number of benzene rings is 1. The van der Waals surface area contributed by atoms with Crippen LogP contribution in [0.25, 0.3) is 0 Å². The van der Waals surface area contributed by atoms with Crippen LogP contribution in [0.5, 0.6) is 0 Å². The van der Waals surface area contributed by atoms with E-state index >= 15 is 0 Å². The number of carbonyl (C=O) groups is 1. The standard InChI is InChI=1S/C19H21ClN2O2/c1-19(24-2,14-6-3-7-15(20)9-14)12-22-18(23)17-10-16(17)13-5-4-8-21-11-13/h3-9,11,16-17H,10,12H2,1-2H3,(H,22,23)/t16-,17+,19+/m1/s1. The molecule has 126 valence electrons. The molecule has 2 aromatic rings. The lowest BCUT2D eigenvalue weighted by Gasteiger charge is -2.29. The van der Waals surface area contributed by atoms with Crippen LogP contribution >= 0.6 is 11.6 Å². The minimum Gasteiger partial charge on any atom is -0.372 e. The van der Waals surface area contributed by atoms with Gasteiger partial charge in [0.2, 0.25) is 5.91 Å². The van der Waals surface area contributed by atoms with Crippen LogP contribution in [0.2, 0.25) is 5.02 Å². The number of carbonyl (C=O) groups excluding carboxylic acids is 1. The molecule has 0 unspecified atom stereocenters. The highest BCUT2D eigenvalue weighted by molar-refractivity contribution is 6.30. The van der Waals surface area contributed by atoms with E-state index in [1.165, 1.54) is 0 Å². The number of ether oxygens (including phenoxy) is 1. The minimum atomic E-state index is -0.612. The van der Waals surface area contributed by atoms with Crippen LogP contribution in [-0.4, -0.2) is 24.5 Å². The number of amides is 1. The number of pyridine rings is 1. The summed E-state index contributed by atoms with van der Waals surface area (Å²) in [7, 11) is 1.64. The summed E-state index contributed by atoms with van der Waals surface area (Å²) >= 11 is 6.07. The summed E-state index contributed by atoms with van der Waals surface area (Å²) in [5.41, 5.74) is 1.46. The zero-order chi connectivity index (χ0) is 17.2. The Bertz CT molecular complexity index is 722. The number of rotatable bonds is 6. The Morgan fingerprint density at radius 3 is 2.92 bits per heavy atom. The fraction of sp³-hybridized carbons (Fsp3) is 0.368. The van der Waals surface area contributed by atoms with E-state index in [2.05, 4.69) is 10.3 Å². The first-order valence-electron chi connectivity index (χ1n) is 8.02. The van der Waals surface area contributed by atoms with Gasteiger partial charge in [0.1, 0.15) is 5.60 Å². The Labute approximate surface area is 147 Å². The van der Waals surface area contributed by atoms with E-state index < -0.39 is 5.60 Å². The van der Waals surface area contributed by atoms with Crippen LogP contribution in [0.3, 0.4) is 0 Å². The maximum absolute atomic E-state index is 12.4. The smallest absolute Gasteiger partial charge is 0.223 e. The second kappa shape index (κ2) is 6.91. The summed E-state index contributed by atoms with van der Waals surface area (Å²) in [6, 6.07) is 11.5. The molecule has 3 rings (SSSR count). The van der Waals surface area contributed by atoms with Crippen molar-refractivity contribution in [1.82, 2.24) is 10.3 Å². The summed E-state index contributed by atoms with van der Waals surface area (Å²) in [4.78, 5) is 16.6. The highest BCUT2D eigenvalue weighted by Crippen LogP contribution is 2.47. The van der Waals surface area contributed by atoms with Crippen molar-refractivity contribution in [1.29, 1.82) is 0 Å². The molecule has 1 saturated carbocycles. The summed E-state index contributed by atoms with van der Waals surface area (Å²) in [6.07, 6.45) is 4.46. The van der Waals surface area contributed by atoms with Crippen molar-refractivity contribution in [3.63, 3.8) is 0 Å². The van der Waals surface area contributed by atoms with Gasteiger partial charge in [-0.2, -0.15) is 0 Å². The fourth-order valence-electron chi connectivity index (χ4n) is 2.94. The molecule has 1 aliphatic rings. The van der Waals surface area contributed by atoms with Gasteiger partial charge in [-0.05, 0) is 48.6 Å². The van der Waals surface area contributed by atoms with Gasteiger partial charge in [0.05, 0.1) is 6.54 Å². The maximum Gasteiger partial charge on any atom is 0.223 e. The molecule has 1 amide bonds. The first-order valence-corrected chi connectivity index (χ1v) is 8.40. The monoisotopic (exact) mass is 344 g/mol. The van der Waals surface area contributed by atoms with Crippen molar-refractivity contribution >= 4 is 17.5 Å². The average molecular weight is 345 g/mol. The molecule has 0 saturated heterocycles. The lowest BCUT2D eigenvalue weighted by atomic mass is 9.95. The fourth-order valence-corrected chi connectivity index (χ4v) is 3.14. The number of hydrogen-bond donors (Lipinski definition) is 1. The topological polar surface area (TPSA) is 51.2 Å². The third-order valence-corrected chi connectivity index (χ3v) is 4.96. The molecule has 5 heteroatoms. The number of methoxy groups -OCH3 is 1. The molecule has 4 nitrogen and oxygen atoms in total. The largest absolute Gasteiger partial charge is 0.372 e. The van der Waals surface area contributed by atoms with Crippen molar-refractivity contribution in [2.24, 2.45) is 5.92 Å². The van der Waals surface area contributed by atoms with Crippen LogP contribution in [0.15, 0.2) is 48.8 Å². The van der Waals surface area contributed by atoms with Crippen LogP contribution in [0.4, 0.5) is 0 Å². The number of aromatic nitrogens is 1. The highest BCUT2D eigenvalue weighted by Gasteiger charge is 2.44. The summed E-state index contributed by atoms with van der Waals surface area (Å²) in [6.45, 7) is 2.35. The van der Waals surface area contributed by atoms with Gasteiger partial charge in [0.15, 0.2) is 0 Å². The zero-order valence-corrected chi connectivity index (χ0v) is 14.6. The van der Waals surface area contributed by atoms with E-state index in [9.17, 15) is 4.79 Å². The van der Waals surface area contributed by atoms with E-state index in [0.717, 1.165) is 17.5 Å². The number of nitrogens with zero attached hydrogens (tertiary/aromatic N) is 1. The quantitative estimate of drug-likeness (QED) is 0.872. The first kappa shape index (κ1) is 16.9. The Balaban J connectivity index is 1.61. The molecule has 1 heterocycles. The van der Waals surface area contributed by atoms with E-state index in [4.69, 9.17) is 16.3 Å². The summed E-state index contributed by atoms with van der Waals surface area (Å²) in [5, 5.41) is 3.68. The lowest BCUT2D eigenvalue weighted by molar-refractivity contribution is -0.124. The Morgan fingerprint density at radius 1 is 1.42 bits per heavy atom. The zero-order valence-electron chi connectivity index (χ0n) is 13.8. The van der Waals surface area contributed by atoms with Crippen molar-refractivity contribution in [3.8, 4) is 0 Å². The second-order valence-corrected chi connectivity index (χ2v) is 6.83. The molecule has 0 radical (unpaired) electrons. The predicted molar refractivity (Wildman–Crippen MR) is 93.9 cm³/mol. The van der Waals surface area contributed by atoms with Crippen LogP contribution in [0.1, 0.15) is 30.4 Å². The molecule has 0 aliphatic heterocycles. The normalized spacial score (nSPS) is 21.8. The molecule has 0 bridgehead atoms. The molecular formula is C19H21ClN2O2. The molecule has 1 aliphatic carbocycles. The van der Waals surface area contributed by atoms with Crippen molar-refractivity contribution in [2.75, 3.05) is 13.7 Å². The third kappa shape index (κ3) is 3.60. The molecule has 1 N–H and O–H groups in total. The SMILES string of the molecule is CO[C@@](C)(CNC(=O)[C@H]1C[C@@H]1c1cccnc1)c1cccc(Cl)c1. The molecule has 0 spiro atoms. The van der Waals surface area contributed by atoms with Crippen LogP contribution in [-0.2, 0) is 15.1 Å². The van der Waals surface area contributed by atoms with Crippen LogP contribution < -0.4 is 5.32 Å². The van der Waals surface area contributed by atoms with Gasteiger partial charge in [-0.25, -0.2) is 0 Å². The van der Waals surface area contributed by atoms with E-state index in [-0.39, 0.29) is 17.7 Å². The molecule has 1 aromatic carbocycles. The molecule has 24 heavy (non-hydrogen) atoms. The highest BCUT2D eigenvalue weighted by atomic mass is 35.5. The minimum absolute atomic E-state index is 0.0228. The van der Waals surface area contributed by atoms with Gasteiger partial charge in [0.25, 0.3) is 0 Å². The van der Waals surface area contributed by atoms with Crippen LogP contribution in [0, 0.1) is 5.92 Å². The van der Waals surface area contributed by atoms with Crippen molar-refractivity contribution < 1.29 is 9.53 Å². The Kier molecular flexibility index (Phi) is 4.88. The Morgan fingerprint density at radius 2 is 2.25 bits per heavy atom. The molecule has 1 aromatic heterocycles. The molecule has 3 atom stereocenters. The third-order valence-electron chi connectivity index (χ3n) is 4.73. The maximum atomic E-state index is 12.4. The van der Waals surface area contributed by atoms with Gasteiger partial charge in [-0.1, -0.05) is 29.8 Å². The number of nitrogens with one attached hydrogen (secondary N) is 1. The molecular weight excluding hydrogens is 324 g/mol. The lowest BCUT2D eigenvalue weighted by Crippen LogP contribution is -2.40. The second-order valence-electron chi connectivity index (χ2n) is 6.40. The first-order chi connectivity index (χ1) is 11.5. The van der Waals surface area contributed by atoms with Gasteiger partial charge in [0, 0.05) is 30.4 Å². The summed E-state index contributed by atoms with van der Waals surface area (Å²) in [5.74, 6) is 0.363. The van der Waals surface area contributed by atoms with Gasteiger partial charge >= 0.3 is 0 Å². The Hall–Kier alpha value is -1.91.